The van der Waals surface area contributed by atoms with Gasteiger partial charge in [-0.25, -0.2) is 0 Å². The molecule has 5 nitrogen and oxygen atoms in total. The summed E-state index contributed by atoms with van der Waals surface area (Å²) >= 11 is 5.59. The minimum atomic E-state index is -0.377. The first-order chi connectivity index (χ1) is 8.56. The molecule has 0 bridgehead atoms. The summed E-state index contributed by atoms with van der Waals surface area (Å²) in [4.78, 5) is 11.7. The molecule has 18 heavy (non-hydrogen) atoms. The molecule has 96 valence electrons. The predicted molar refractivity (Wildman–Crippen MR) is 69.8 cm³/mol. The van der Waals surface area contributed by atoms with Gasteiger partial charge in [-0.15, -0.1) is 11.6 Å². The Balaban J connectivity index is 2.83. The van der Waals surface area contributed by atoms with Crippen molar-refractivity contribution in [1.82, 2.24) is 15.1 Å². The van der Waals surface area contributed by atoms with Gasteiger partial charge in [0.25, 0.3) is 5.91 Å². The van der Waals surface area contributed by atoms with E-state index in [1.165, 1.54) is 6.08 Å². The molecule has 0 radical (unpaired) electrons. The summed E-state index contributed by atoms with van der Waals surface area (Å²) in [7, 11) is 0. The number of aryl methyl sites for hydroxylation is 1. The molecular formula is C12H15ClN4O. The average molecular weight is 267 g/mol. The Hall–Kier alpha value is -1.80. The maximum atomic E-state index is 11.7. The average Bonchev–Trinajstić information content (AvgIpc) is 2.73. The first-order valence-corrected chi connectivity index (χ1v) is 6.11. The number of halogens is 1. The van der Waals surface area contributed by atoms with Crippen molar-refractivity contribution in [2.45, 2.75) is 26.4 Å². The van der Waals surface area contributed by atoms with E-state index in [1.54, 1.807) is 17.1 Å². The first-order valence-electron chi connectivity index (χ1n) is 5.58. The van der Waals surface area contributed by atoms with Gasteiger partial charge in [-0.3, -0.25) is 9.48 Å². The van der Waals surface area contributed by atoms with E-state index in [9.17, 15) is 4.79 Å². The summed E-state index contributed by atoms with van der Waals surface area (Å²) in [5.74, 6) is 0.0849. The minimum absolute atomic E-state index is 0.00628. The number of amides is 1. The summed E-state index contributed by atoms with van der Waals surface area (Å²) < 4.78 is 1.66. The Morgan fingerprint density at radius 1 is 1.72 bits per heavy atom. The van der Waals surface area contributed by atoms with Gasteiger partial charge in [0.05, 0.1) is 12.7 Å². The maximum absolute atomic E-state index is 11.7. The lowest BCUT2D eigenvalue weighted by molar-refractivity contribution is -0.117. The van der Waals surface area contributed by atoms with Crippen molar-refractivity contribution >= 4 is 23.6 Å². The second-order valence-electron chi connectivity index (χ2n) is 4.02. The highest BCUT2D eigenvalue weighted by Crippen LogP contribution is 2.06. The summed E-state index contributed by atoms with van der Waals surface area (Å²) in [6.45, 7) is 4.27. The van der Waals surface area contributed by atoms with E-state index < -0.39 is 0 Å². The van der Waals surface area contributed by atoms with Gasteiger partial charge in [-0.05, 0) is 19.9 Å². The Morgan fingerprint density at radius 2 is 2.44 bits per heavy atom. The van der Waals surface area contributed by atoms with Crippen LogP contribution in [0.3, 0.4) is 0 Å². The summed E-state index contributed by atoms with van der Waals surface area (Å²) in [5, 5.41) is 15.7. The molecule has 0 saturated heterocycles. The highest BCUT2D eigenvalue weighted by Gasteiger charge is 2.10. The molecule has 0 aromatic carbocycles. The number of nitrogens with zero attached hydrogens (tertiary/aromatic N) is 3. The fourth-order valence-electron chi connectivity index (χ4n) is 1.32. The third kappa shape index (κ3) is 4.22. The molecule has 1 heterocycles. The standard InChI is InChI=1S/C12H15ClN4O/c1-9(2)16-12(18)11(6-14)5-10-7-15-17(8-10)4-3-13/h5,7-9H,3-4H2,1-2H3,(H,16,18). The Morgan fingerprint density at radius 3 is 3.00 bits per heavy atom. The third-order valence-electron chi connectivity index (χ3n) is 2.06. The molecule has 1 rings (SSSR count). The number of rotatable bonds is 5. The zero-order valence-corrected chi connectivity index (χ0v) is 11.1. The number of nitriles is 1. The highest BCUT2D eigenvalue weighted by atomic mass is 35.5. The monoisotopic (exact) mass is 266 g/mol. The van der Waals surface area contributed by atoms with Crippen molar-refractivity contribution in [2.24, 2.45) is 0 Å². The van der Waals surface area contributed by atoms with E-state index in [0.29, 0.717) is 18.0 Å². The van der Waals surface area contributed by atoms with Gasteiger partial charge in [-0.1, -0.05) is 0 Å². The molecule has 1 aromatic rings. The quantitative estimate of drug-likeness (QED) is 0.499. The Kier molecular flexibility index (Phi) is 5.40. The second-order valence-corrected chi connectivity index (χ2v) is 4.40. The van der Waals surface area contributed by atoms with E-state index in [-0.39, 0.29) is 17.5 Å². The summed E-state index contributed by atoms with van der Waals surface area (Å²) in [6.07, 6.45) is 4.84. The molecular weight excluding hydrogens is 252 g/mol. The predicted octanol–water partition coefficient (Wildman–Crippen LogP) is 1.55. The van der Waals surface area contributed by atoms with Crippen LogP contribution >= 0.6 is 11.6 Å². The molecule has 0 aliphatic heterocycles. The normalized spacial score (nSPS) is 11.4. The van der Waals surface area contributed by atoms with E-state index in [1.807, 2.05) is 19.9 Å². The van der Waals surface area contributed by atoms with Crippen molar-refractivity contribution in [2.75, 3.05) is 5.88 Å². The largest absolute Gasteiger partial charge is 0.349 e. The summed E-state index contributed by atoms with van der Waals surface area (Å²) in [6, 6.07) is 1.88. The SMILES string of the molecule is CC(C)NC(=O)C(C#N)=Cc1cnn(CCCl)c1. The molecule has 0 spiro atoms. The van der Waals surface area contributed by atoms with Crippen LogP contribution in [0.25, 0.3) is 6.08 Å². The third-order valence-corrected chi connectivity index (χ3v) is 2.23. The summed E-state index contributed by atoms with van der Waals surface area (Å²) in [5.41, 5.74) is 0.768. The molecule has 1 aromatic heterocycles. The number of alkyl halides is 1. The molecule has 0 atom stereocenters. The van der Waals surface area contributed by atoms with Crippen LogP contribution in [0.1, 0.15) is 19.4 Å². The fourth-order valence-corrected chi connectivity index (χ4v) is 1.49. The number of carbonyl (C=O) groups excluding carboxylic acids is 1. The van der Waals surface area contributed by atoms with Crippen molar-refractivity contribution in [1.29, 1.82) is 5.26 Å². The molecule has 0 unspecified atom stereocenters. The van der Waals surface area contributed by atoms with Gasteiger partial charge >= 0.3 is 0 Å². The lowest BCUT2D eigenvalue weighted by Gasteiger charge is -2.06. The van der Waals surface area contributed by atoms with Crippen LogP contribution in [0.5, 0.6) is 0 Å². The van der Waals surface area contributed by atoms with Crippen LogP contribution < -0.4 is 5.32 Å². The molecule has 1 N–H and O–H groups in total. The van der Waals surface area contributed by atoms with Crippen LogP contribution in [-0.4, -0.2) is 27.6 Å². The number of aromatic nitrogens is 2. The van der Waals surface area contributed by atoms with Gasteiger partial charge in [0.2, 0.25) is 0 Å². The van der Waals surface area contributed by atoms with Gasteiger partial charge in [0, 0.05) is 23.7 Å². The molecule has 0 aliphatic carbocycles. The van der Waals surface area contributed by atoms with Crippen molar-refractivity contribution < 1.29 is 4.79 Å². The van der Waals surface area contributed by atoms with Gasteiger partial charge in [0.15, 0.2) is 0 Å². The Labute approximate surface area is 111 Å². The van der Waals surface area contributed by atoms with Gasteiger partial charge in [-0.2, -0.15) is 10.4 Å². The fraction of sp³-hybridized carbons (Fsp3) is 0.417. The number of hydrogen-bond acceptors (Lipinski definition) is 3. The first kappa shape index (κ1) is 14.3. The van der Waals surface area contributed by atoms with Crippen LogP contribution in [-0.2, 0) is 11.3 Å². The maximum Gasteiger partial charge on any atom is 0.262 e. The zero-order valence-electron chi connectivity index (χ0n) is 10.4. The van der Waals surface area contributed by atoms with E-state index in [0.717, 1.165) is 0 Å². The topological polar surface area (TPSA) is 70.7 Å². The Bertz CT molecular complexity index is 485. The van der Waals surface area contributed by atoms with E-state index >= 15 is 0 Å². The van der Waals surface area contributed by atoms with E-state index in [4.69, 9.17) is 16.9 Å². The van der Waals surface area contributed by atoms with Crippen LogP contribution in [0, 0.1) is 11.3 Å². The second kappa shape index (κ2) is 6.82. The molecule has 0 saturated carbocycles. The van der Waals surface area contributed by atoms with E-state index in [2.05, 4.69) is 10.4 Å². The van der Waals surface area contributed by atoms with Crippen LogP contribution in [0.15, 0.2) is 18.0 Å². The number of carbonyl (C=O) groups is 1. The minimum Gasteiger partial charge on any atom is -0.349 e. The number of hydrogen-bond donors (Lipinski definition) is 1. The molecule has 0 aliphatic rings. The molecule has 1 amide bonds. The highest BCUT2D eigenvalue weighted by molar-refractivity contribution is 6.17. The molecule has 6 heteroatoms. The lowest BCUT2D eigenvalue weighted by atomic mass is 10.2. The van der Waals surface area contributed by atoms with Crippen molar-refractivity contribution in [3.8, 4) is 6.07 Å². The smallest absolute Gasteiger partial charge is 0.262 e. The van der Waals surface area contributed by atoms with Crippen LogP contribution in [0.2, 0.25) is 0 Å². The van der Waals surface area contributed by atoms with Gasteiger partial charge in [0.1, 0.15) is 11.6 Å². The van der Waals surface area contributed by atoms with Crippen molar-refractivity contribution in [3.05, 3.63) is 23.5 Å². The lowest BCUT2D eigenvalue weighted by Crippen LogP contribution is -2.30. The molecule has 0 fully saturated rings. The zero-order chi connectivity index (χ0) is 13.5. The van der Waals surface area contributed by atoms with Gasteiger partial charge < -0.3 is 5.32 Å². The van der Waals surface area contributed by atoms with Crippen molar-refractivity contribution in [3.63, 3.8) is 0 Å². The van der Waals surface area contributed by atoms with Crippen LogP contribution in [0.4, 0.5) is 0 Å². The number of nitrogens with one attached hydrogen (secondary N) is 1.